The highest BCUT2D eigenvalue weighted by molar-refractivity contribution is 7.89. The van der Waals surface area contributed by atoms with Gasteiger partial charge < -0.3 is 5.11 Å². The quantitative estimate of drug-likeness (QED) is 0.759. The molecule has 1 N–H and O–H groups in total. The zero-order chi connectivity index (χ0) is 14.0. The first kappa shape index (κ1) is 14.6. The van der Waals surface area contributed by atoms with Crippen LogP contribution in [0.2, 0.25) is 0 Å². The lowest BCUT2D eigenvalue weighted by molar-refractivity contribution is -0.149. The number of sulfone groups is 1. The second-order valence-electron chi connectivity index (χ2n) is 4.54. The molecule has 18 heavy (non-hydrogen) atoms. The van der Waals surface area contributed by atoms with Crippen molar-refractivity contribution >= 4 is 15.8 Å². The van der Waals surface area contributed by atoms with E-state index >= 15 is 0 Å². The molecule has 0 spiro atoms. The summed E-state index contributed by atoms with van der Waals surface area (Å²) in [4.78, 5) is 11.2. The summed E-state index contributed by atoms with van der Waals surface area (Å²) < 4.78 is 23.6. The summed E-state index contributed by atoms with van der Waals surface area (Å²) in [6.45, 7) is 3.35. The number of hydrogen-bond donors (Lipinski definition) is 1. The zero-order valence-corrected chi connectivity index (χ0v) is 11.3. The number of carboxylic acid groups (broad SMARTS) is 1. The molecule has 0 amide bonds. The fraction of sp³-hybridized carbons (Fsp3) is 0.778. The fourth-order valence-electron chi connectivity index (χ4n) is 1.35. The molecule has 1 unspecified atom stereocenters. The van der Waals surface area contributed by atoms with Crippen LogP contribution in [-0.4, -0.2) is 46.0 Å². The maximum atomic E-state index is 11.2. The van der Waals surface area contributed by atoms with Gasteiger partial charge in [-0.1, -0.05) is 6.92 Å². The summed E-state index contributed by atoms with van der Waals surface area (Å²) in [6.07, 6.45) is 1.46. The molecule has 0 saturated carbocycles. The minimum atomic E-state index is -3.26. The van der Waals surface area contributed by atoms with E-state index in [1.807, 2.05) is 0 Å². The van der Waals surface area contributed by atoms with Crippen LogP contribution < -0.4 is 0 Å². The molecule has 1 atom stereocenters. The largest absolute Gasteiger partial charge is 0.481 e. The van der Waals surface area contributed by atoms with Crippen LogP contribution in [0.1, 0.15) is 26.1 Å². The van der Waals surface area contributed by atoms with Gasteiger partial charge in [0.2, 0.25) is 0 Å². The van der Waals surface area contributed by atoms with Crippen molar-refractivity contribution in [1.29, 1.82) is 0 Å². The molecule has 0 bridgehead atoms. The average molecular weight is 276 g/mol. The van der Waals surface area contributed by atoms with Crippen LogP contribution in [0.15, 0.2) is 0 Å². The fourth-order valence-corrected chi connectivity index (χ4v) is 2.02. The number of rotatable bonds is 6. The Morgan fingerprint density at radius 2 is 2.11 bits per heavy atom. The highest BCUT2D eigenvalue weighted by atomic mass is 32.2. The van der Waals surface area contributed by atoms with E-state index in [4.69, 9.17) is 5.11 Å². The predicted octanol–water partition coefficient (Wildman–Crippen LogP) is -0.281. The molecule has 0 aliphatic rings. The molecule has 0 aliphatic heterocycles. The zero-order valence-electron chi connectivity index (χ0n) is 10.5. The van der Waals surface area contributed by atoms with Crippen LogP contribution in [-0.2, 0) is 26.9 Å². The maximum absolute atomic E-state index is 11.2. The van der Waals surface area contributed by atoms with Crippen molar-refractivity contribution in [3.8, 4) is 0 Å². The van der Waals surface area contributed by atoms with Gasteiger partial charge in [-0.2, -0.15) is 0 Å². The third-order valence-electron chi connectivity index (χ3n) is 2.79. The number of aliphatic carboxylic acids is 1. The van der Waals surface area contributed by atoms with Crippen LogP contribution in [0.4, 0.5) is 0 Å². The van der Waals surface area contributed by atoms with Crippen LogP contribution in [0.3, 0.4) is 0 Å². The lowest BCUT2D eigenvalue weighted by Gasteiger charge is -2.22. The summed E-state index contributed by atoms with van der Waals surface area (Å²) in [5.41, 5.74) is -1.03. The van der Waals surface area contributed by atoms with E-state index in [2.05, 4.69) is 15.5 Å². The Labute approximate surface area is 105 Å². The topological polar surface area (TPSA) is 115 Å². The summed E-state index contributed by atoms with van der Waals surface area (Å²) >= 11 is 0. The Hall–Kier alpha value is -1.51. The second kappa shape index (κ2) is 5.01. The molecular formula is C9H16N4O4S. The molecule has 0 aliphatic carbocycles. The van der Waals surface area contributed by atoms with Crippen molar-refractivity contribution in [3.63, 3.8) is 0 Å². The molecule has 1 heterocycles. The van der Waals surface area contributed by atoms with Gasteiger partial charge in [-0.15, -0.1) is 5.10 Å². The highest BCUT2D eigenvalue weighted by Gasteiger charge is 2.33. The monoisotopic (exact) mass is 276 g/mol. The van der Waals surface area contributed by atoms with Gasteiger partial charge >= 0.3 is 5.97 Å². The Kier molecular flexibility index (Phi) is 4.05. The van der Waals surface area contributed by atoms with E-state index in [0.29, 0.717) is 6.42 Å². The molecule has 0 fully saturated rings. The summed E-state index contributed by atoms with van der Waals surface area (Å²) in [5.74, 6) is -1.12. The third kappa shape index (κ3) is 3.49. The first-order valence-electron chi connectivity index (χ1n) is 5.34. The number of carboxylic acids is 1. The van der Waals surface area contributed by atoms with Crippen LogP contribution >= 0.6 is 0 Å². The molecule has 1 aromatic rings. The van der Waals surface area contributed by atoms with Gasteiger partial charge in [0, 0.05) is 6.26 Å². The lowest BCUT2D eigenvalue weighted by atomic mass is 9.88. The summed E-state index contributed by atoms with van der Waals surface area (Å²) in [6, 6.07) is 0. The molecule has 0 saturated heterocycles. The molecule has 8 nitrogen and oxygen atoms in total. The highest BCUT2D eigenvalue weighted by Crippen LogP contribution is 2.24. The van der Waals surface area contributed by atoms with Gasteiger partial charge in [-0.05, 0) is 23.8 Å². The minimum absolute atomic E-state index is 0.0384. The van der Waals surface area contributed by atoms with Gasteiger partial charge in [-0.3, -0.25) is 4.79 Å². The van der Waals surface area contributed by atoms with E-state index in [9.17, 15) is 13.2 Å². The molecular weight excluding hydrogens is 260 g/mol. The van der Waals surface area contributed by atoms with E-state index in [1.165, 1.54) is 4.68 Å². The van der Waals surface area contributed by atoms with Crippen molar-refractivity contribution in [3.05, 3.63) is 5.82 Å². The number of carbonyl (C=O) groups is 1. The number of nitrogens with zero attached hydrogens (tertiary/aromatic N) is 4. The van der Waals surface area contributed by atoms with Crippen molar-refractivity contribution in [2.24, 2.45) is 5.41 Å². The van der Waals surface area contributed by atoms with E-state index in [1.54, 1.807) is 13.8 Å². The van der Waals surface area contributed by atoms with Crippen molar-refractivity contribution < 1.29 is 18.3 Å². The predicted molar refractivity (Wildman–Crippen MR) is 62.4 cm³/mol. The Morgan fingerprint density at radius 3 is 2.56 bits per heavy atom. The number of aromatic nitrogens is 4. The summed E-state index contributed by atoms with van der Waals surface area (Å²) in [7, 11) is -3.26. The van der Waals surface area contributed by atoms with E-state index in [0.717, 1.165) is 6.26 Å². The first-order valence-corrected chi connectivity index (χ1v) is 7.40. The number of hydrogen-bond acceptors (Lipinski definition) is 6. The van der Waals surface area contributed by atoms with Crippen LogP contribution in [0, 0.1) is 5.41 Å². The Morgan fingerprint density at radius 1 is 1.50 bits per heavy atom. The van der Waals surface area contributed by atoms with Gasteiger partial charge in [-0.25, -0.2) is 13.1 Å². The lowest BCUT2D eigenvalue weighted by Crippen LogP contribution is -2.33. The maximum Gasteiger partial charge on any atom is 0.311 e. The van der Waals surface area contributed by atoms with E-state index < -0.39 is 21.2 Å². The smallest absolute Gasteiger partial charge is 0.311 e. The standard InChI is InChI=1S/C9H16N4O4S/c1-4-9(2,8(14)15)6-13-7(10-11-12-13)5-18(3,16)17/h4-6H2,1-3H3,(H,14,15). The first-order chi connectivity index (χ1) is 8.18. The van der Waals surface area contributed by atoms with E-state index in [-0.39, 0.29) is 18.1 Å². The van der Waals surface area contributed by atoms with Crippen LogP contribution in [0.5, 0.6) is 0 Å². The Balaban J connectivity index is 2.99. The Bertz CT molecular complexity index is 539. The van der Waals surface area contributed by atoms with Crippen molar-refractivity contribution in [2.75, 3.05) is 6.26 Å². The van der Waals surface area contributed by atoms with Gasteiger partial charge in [0.1, 0.15) is 5.75 Å². The van der Waals surface area contributed by atoms with Gasteiger partial charge in [0.15, 0.2) is 15.7 Å². The second-order valence-corrected chi connectivity index (χ2v) is 6.68. The summed E-state index contributed by atoms with van der Waals surface area (Å²) in [5, 5.41) is 19.8. The van der Waals surface area contributed by atoms with Crippen molar-refractivity contribution in [1.82, 2.24) is 20.2 Å². The van der Waals surface area contributed by atoms with Gasteiger partial charge in [0.05, 0.1) is 12.0 Å². The SMILES string of the molecule is CCC(C)(Cn1nnnc1CS(C)(=O)=O)C(=O)O. The van der Waals surface area contributed by atoms with Crippen molar-refractivity contribution in [2.45, 2.75) is 32.6 Å². The molecule has 9 heteroatoms. The normalized spacial score (nSPS) is 15.3. The van der Waals surface area contributed by atoms with Gasteiger partial charge in [0.25, 0.3) is 0 Å². The number of tetrazole rings is 1. The average Bonchev–Trinajstić information content (AvgIpc) is 2.62. The third-order valence-corrected chi connectivity index (χ3v) is 3.58. The molecule has 102 valence electrons. The minimum Gasteiger partial charge on any atom is -0.481 e. The van der Waals surface area contributed by atoms with Crippen LogP contribution in [0.25, 0.3) is 0 Å². The molecule has 0 radical (unpaired) electrons. The molecule has 1 rings (SSSR count). The molecule has 1 aromatic heterocycles. The molecule has 0 aromatic carbocycles.